The molecule has 102 valence electrons. The summed E-state index contributed by atoms with van der Waals surface area (Å²) in [7, 11) is 0. The van der Waals surface area contributed by atoms with E-state index in [2.05, 4.69) is 45.5 Å². The highest BCUT2D eigenvalue weighted by Gasteiger charge is 2.29. The highest BCUT2D eigenvalue weighted by atomic mass is 79.9. The van der Waals surface area contributed by atoms with E-state index in [0.717, 1.165) is 36.8 Å². The number of hydrogen-bond donors (Lipinski definition) is 1. The highest BCUT2D eigenvalue weighted by molar-refractivity contribution is 9.10. The van der Waals surface area contributed by atoms with Gasteiger partial charge in [0.15, 0.2) is 0 Å². The summed E-state index contributed by atoms with van der Waals surface area (Å²) >= 11 is 3.46. The fourth-order valence-electron chi connectivity index (χ4n) is 2.66. The molecule has 1 heterocycles. The number of likely N-dealkylation sites (tertiary alicyclic amines) is 1. The van der Waals surface area contributed by atoms with Gasteiger partial charge in [-0.05, 0) is 43.4 Å². The van der Waals surface area contributed by atoms with Gasteiger partial charge >= 0.3 is 6.03 Å². The zero-order valence-corrected chi connectivity index (χ0v) is 12.5. The van der Waals surface area contributed by atoms with Crippen LogP contribution >= 0.6 is 15.9 Å². The third-order valence-corrected chi connectivity index (χ3v) is 4.48. The molecule has 1 N–H and O–H groups in total. The Morgan fingerprint density at radius 1 is 1.21 bits per heavy atom. The molecule has 1 atom stereocenters. The first-order valence-corrected chi connectivity index (χ1v) is 7.82. The van der Waals surface area contributed by atoms with Crippen molar-refractivity contribution in [3.05, 3.63) is 34.3 Å². The SMILES string of the molecule is O=C(NC1CC1)N1CCCC(c2ccc(Br)cc2)C1. The third kappa shape index (κ3) is 3.30. The van der Waals surface area contributed by atoms with E-state index in [1.165, 1.54) is 12.0 Å². The van der Waals surface area contributed by atoms with Crippen LogP contribution in [-0.2, 0) is 0 Å². The lowest BCUT2D eigenvalue weighted by Crippen LogP contribution is -2.45. The minimum Gasteiger partial charge on any atom is -0.335 e. The number of halogens is 1. The monoisotopic (exact) mass is 322 g/mol. The largest absolute Gasteiger partial charge is 0.335 e. The summed E-state index contributed by atoms with van der Waals surface area (Å²) in [6.45, 7) is 1.74. The molecule has 0 bridgehead atoms. The van der Waals surface area contributed by atoms with Crippen molar-refractivity contribution < 1.29 is 4.79 Å². The summed E-state index contributed by atoms with van der Waals surface area (Å²) < 4.78 is 1.11. The van der Waals surface area contributed by atoms with E-state index >= 15 is 0 Å². The van der Waals surface area contributed by atoms with Crippen LogP contribution in [-0.4, -0.2) is 30.1 Å². The lowest BCUT2D eigenvalue weighted by molar-refractivity contribution is 0.179. The van der Waals surface area contributed by atoms with Crippen LogP contribution in [0.1, 0.15) is 37.2 Å². The van der Waals surface area contributed by atoms with E-state index in [1.807, 2.05) is 4.90 Å². The van der Waals surface area contributed by atoms with Gasteiger partial charge in [-0.1, -0.05) is 28.1 Å². The van der Waals surface area contributed by atoms with Gasteiger partial charge in [-0.3, -0.25) is 0 Å². The molecular formula is C15H19BrN2O. The number of piperidine rings is 1. The Kier molecular flexibility index (Phi) is 3.78. The Balaban J connectivity index is 1.63. The third-order valence-electron chi connectivity index (χ3n) is 3.95. The van der Waals surface area contributed by atoms with Gasteiger partial charge < -0.3 is 10.2 Å². The average Bonchev–Trinajstić information content (AvgIpc) is 3.24. The molecule has 1 aliphatic heterocycles. The molecule has 2 amide bonds. The first kappa shape index (κ1) is 13.0. The van der Waals surface area contributed by atoms with Crippen molar-refractivity contribution in [1.82, 2.24) is 10.2 Å². The molecule has 2 fully saturated rings. The van der Waals surface area contributed by atoms with Gasteiger partial charge in [0.05, 0.1) is 0 Å². The number of hydrogen-bond acceptors (Lipinski definition) is 1. The van der Waals surface area contributed by atoms with Crippen molar-refractivity contribution >= 4 is 22.0 Å². The molecule has 2 aliphatic rings. The second-order valence-corrected chi connectivity index (χ2v) is 6.48. The molecule has 4 heteroatoms. The highest BCUT2D eigenvalue weighted by Crippen LogP contribution is 2.28. The molecule has 1 aromatic carbocycles. The van der Waals surface area contributed by atoms with Crippen LogP contribution in [0.15, 0.2) is 28.7 Å². The number of rotatable bonds is 2. The lowest BCUT2D eigenvalue weighted by Gasteiger charge is -2.33. The van der Waals surface area contributed by atoms with Gasteiger partial charge in [-0.25, -0.2) is 4.79 Å². The quantitative estimate of drug-likeness (QED) is 0.888. The summed E-state index contributed by atoms with van der Waals surface area (Å²) in [5.41, 5.74) is 1.34. The van der Waals surface area contributed by atoms with Crippen LogP contribution in [0, 0.1) is 0 Å². The Morgan fingerprint density at radius 2 is 1.95 bits per heavy atom. The molecule has 1 aliphatic carbocycles. The average molecular weight is 323 g/mol. The zero-order chi connectivity index (χ0) is 13.2. The topological polar surface area (TPSA) is 32.3 Å². The second-order valence-electron chi connectivity index (χ2n) is 5.56. The maximum Gasteiger partial charge on any atom is 0.317 e. The fourth-order valence-corrected chi connectivity index (χ4v) is 2.93. The molecule has 1 saturated heterocycles. The molecule has 1 unspecified atom stereocenters. The number of benzene rings is 1. The number of nitrogens with one attached hydrogen (secondary N) is 1. The summed E-state index contributed by atoms with van der Waals surface area (Å²) in [5.74, 6) is 0.479. The van der Waals surface area contributed by atoms with Gasteiger partial charge in [-0.2, -0.15) is 0 Å². The van der Waals surface area contributed by atoms with Crippen LogP contribution in [0.3, 0.4) is 0 Å². The van der Waals surface area contributed by atoms with Crippen molar-refractivity contribution in [3.63, 3.8) is 0 Å². The van der Waals surface area contributed by atoms with E-state index in [1.54, 1.807) is 0 Å². The maximum absolute atomic E-state index is 12.1. The Bertz CT molecular complexity index is 456. The molecule has 0 spiro atoms. The van der Waals surface area contributed by atoms with Crippen LogP contribution in [0.5, 0.6) is 0 Å². The van der Waals surface area contributed by atoms with Crippen molar-refractivity contribution in [3.8, 4) is 0 Å². The van der Waals surface area contributed by atoms with E-state index < -0.39 is 0 Å². The summed E-state index contributed by atoms with van der Waals surface area (Å²) in [6, 6.07) is 9.07. The van der Waals surface area contributed by atoms with Crippen LogP contribution in [0.25, 0.3) is 0 Å². The Morgan fingerprint density at radius 3 is 2.63 bits per heavy atom. The zero-order valence-electron chi connectivity index (χ0n) is 10.9. The summed E-state index contributed by atoms with van der Waals surface area (Å²) in [5, 5.41) is 3.08. The van der Waals surface area contributed by atoms with Gasteiger partial charge in [0.25, 0.3) is 0 Å². The number of carbonyl (C=O) groups is 1. The summed E-state index contributed by atoms with van der Waals surface area (Å²) in [4.78, 5) is 14.1. The standard InChI is InChI=1S/C15H19BrN2O/c16-13-5-3-11(4-6-13)12-2-1-9-18(10-12)15(19)17-14-7-8-14/h3-6,12,14H,1-2,7-10H2,(H,17,19). The van der Waals surface area contributed by atoms with E-state index in [-0.39, 0.29) is 6.03 Å². The smallest absolute Gasteiger partial charge is 0.317 e. The number of amides is 2. The van der Waals surface area contributed by atoms with Crippen molar-refractivity contribution in [1.29, 1.82) is 0 Å². The van der Waals surface area contributed by atoms with Crippen molar-refractivity contribution in [2.45, 2.75) is 37.6 Å². The first-order valence-electron chi connectivity index (χ1n) is 7.03. The van der Waals surface area contributed by atoms with Gasteiger partial charge in [-0.15, -0.1) is 0 Å². The predicted octanol–water partition coefficient (Wildman–Crippen LogP) is 3.50. The van der Waals surface area contributed by atoms with Crippen LogP contribution < -0.4 is 5.32 Å². The Labute approximate surface area is 122 Å². The molecule has 0 radical (unpaired) electrons. The van der Waals surface area contributed by atoms with E-state index in [0.29, 0.717) is 12.0 Å². The lowest BCUT2D eigenvalue weighted by atomic mass is 9.91. The van der Waals surface area contributed by atoms with Crippen LogP contribution in [0.2, 0.25) is 0 Å². The molecule has 1 saturated carbocycles. The normalized spacial score (nSPS) is 23.2. The van der Waals surface area contributed by atoms with Crippen LogP contribution in [0.4, 0.5) is 4.79 Å². The number of carbonyl (C=O) groups excluding carboxylic acids is 1. The molecular weight excluding hydrogens is 304 g/mol. The number of urea groups is 1. The summed E-state index contributed by atoms with van der Waals surface area (Å²) in [6.07, 6.45) is 4.57. The molecule has 19 heavy (non-hydrogen) atoms. The van der Waals surface area contributed by atoms with Gasteiger partial charge in [0.2, 0.25) is 0 Å². The molecule has 3 rings (SSSR count). The van der Waals surface area contributed by atoms with Gasteiger partial charge in [0.1, 0.15) is 0 Å². The fraction of sp³-hybridized carbons (Fsp3) is 0.533. The minimum absolute atomic E-state index is 0.129. The van der Waals surface area contributed by atoms with Crippen molar-refractivity contribution in [2.75, 3.05) is 13.1 Å². The second kappa shape index (κ2) is 5.53. The maximum atomic E-state index is 12.1. The van der Waals surface area contributed by atoms with E-state index in [4.69, 9.17) is 0 Å². The molecule has 0 aromatic heterocycles. The van der Waals surface area contributed by atoms with E-state index in [9.17, 15) is 4.79 Å². The van der Waals surface area contributed by atoms with Crippen molar-refractivity contribution in [2.24, 2.45) is 0 Å². The molecule has 1 aromatic rings. The number of nitrogens with zero attached hydrogens (tertiary/aromatic N) is 1. The Hall–Kier alpha value is -1.03. The predicted molar refractivity (Wildman–Crippen MR) is 79.2 cm³/mol. The van der Waals surface area contributed by atoms with Gasteiger partial charge in [0, 0.05) is 29.5 Å². The molecule has 3 nitrogen and oxygen atoms in total. The first-order chi connectivity index (χ1) is 9.22. The minimum atomic E-state index is 0.129.